The van der Waals surface area contributed by atoms with Crippen molar-refractivity contribution in [1.82, 2.24) is 9.97 Å². The van der Waals surface area contributed by atoms with Crippen LogP contribution in [-0.2, 0) is 6.42 Å². The van der Waals surface area contributed by atoms with E-state index in [4.69, 9.17) is 0 Å². The number of fused-ring (bicyclic) bond motifs is 1. The Labute approximate surface area is 121 Å². The lowest BCUT2D eigenvalue weighted by Crippen LogP contribution is -2.06. The molecule has 0 aliphatic heterocycles. The molecule has 3 aromatic rings. The molecule has 0 bridgehead atoms. The zero-order valence-electron chi connectivity index (χ0n) is 11.6. The topological polar surface area (TPSA) is 40.7 Å². The van der Waals surface area contributed by atoms with E-state index in [-0.39, 0.29) is 5.52 Å². The number of imidazole rings is 1. The molecule has 0 unspecified atom stereocenters. The van der Waals surface area contributed by atoms with Gasteiger partial charge in [-0.2, -0.15) is 0 Å². The monoisotopic (exact) mass is 287 g/mol. The predicted molar refractivity (Wildman–Crippen MR) is 79.4 cm³/mol. The molecule has 0 saturated carbocycles. The van der Waals surface area contributed by atoms with Gasteiger partial charge in [-0.3, -0.25) is 0 Å². The van der Waals surface area contributed by atoms with Gasteiger partial charge in [-0.05, 0) is 24.6 Å². The van der Waals surface area contributed by atoms with E-state index in [0.29, 0.717) is 24.3 Å². The molecule has 0 aliphatic carbocycles. The number of hydrogen-bond acceptors (Lipinski definition) is 2. The van der Waals surface area contributed by atoms with Gasteiger partial charge in [-0.15, -0.1) is 0 Å². The molecule has 108 valence electrons. The van der Waals surface area contributed by atoms with Crippen molar-refractivity contribution in [3.63, 3.8) is 0 Å². The lowest BCUT2D eigenvalue weighted by Gasteiger charge is -2.07. The second-order valence-electron chi connectivity index (χ2n) is 4.96. The number of hydrogen-bond donors (Lipinski definition) is 2. The number of aryl methyl sites for hydroxylation is 1. The van der Waals surface area contributed by atoms with Crippen LogP contribution in [0.15, 0.2) is 36.4 Å². The van der Waals surface area contributed by atoms with Crippen LogP contribution in [-0.4, -0.2) is 16.5 Å². The number of H-pyrrole nitrogens is 1. The van der Waals surface area contributed by atoms with E-state index in [9.17, 15) is 8.78 Å². The Morgan fingerprint density at radius 3 is 2.81 bits per heavy atom. The number of rotatable bonds is 4. The van der Waals surface area contributed by atoms with Crippen molar-refractivity contribution in [2.45, 2.75) is 13.3 Å². The first kappa shape index (κ1) is 13.5. The number of aromatic amines is 1. The van der Waals surface area contributed by atoms with Crippen LogP contribution in [0.2, 0.25) is 0 Å². The molecule has 5 heteroatoms. The van der Waals surface area contributed by atoms with E-state index in [1.165, 1.54) is 6.07 Å². The maximum absolute atomic E-state index is 13.6. The fourth-order valence-corrected chi connectivity index (χ4v) is 2.30. The molecule has 0 atom stereocenters. The van der Waals surface area contributed by atoms with Crippen LogP contribution in [0.1, 0.15) is 11.4 Å². The highest BCUT2D eigenvalue weighted by atomic mass is 19.1. The average Bonchev–Trinajstić information content (AvgIpc) is 2.84. The number of nitrogens with one attached hydrogen (secondary N) is 2. The maximum Gasteiger partial charge on any atom is 0.153 e. The molecule has 21 heavy (non-hydrogen) atoms. The first-order valence-corrected chi connectivity index (χ1v) is 6.76. The predicted octanol–water partition coefficient (Wildman–Crippen LogP) is 3.80. The Hall–Kier alpha value is -2.43. The molecular weight excluding hydrogens is 272 g/mol. The molecule has 3 rings (SSSR count). The minimum Gasteiger partial charge on any atom is -0.384 e. The van der Waals surface area contributed by atoms with Crippen molar-refractivity contribution in [3.05, 3.63) is 59.4 Å². The van der Waals surface area contributed by atoms with Crippen LogP contribution < -0.4 is 5.32 Å². The van der Waals surface area contributed by atoms with Gasteiger partial charge in [0.25, 0.3) is 0 Å². The van der Waals surface area contributed by atoms with E-state index in [1.807, 2.05) is 31.2 Å². The minimum absolute atomic E-state index is 0.183. The van der Waals surface area contributed by atoms with Gasteiger partial charge in [0.15, 0.2) is 5.82 Å². The molecule has 0 fully saturated rings. The SMILES string of the molecule is Cc1ccccc1NCCc1nc2c(F)cc(F)cc2[nH]1. The minimum atomic E-state index is -0.639. The first-order chi connectivity index (χ1) is 10.1. The third-order valence-electron chi connectivity index (χ3n) is 3.38. The number of halogens is 2. The van der Waals surface area contributed by atoms with Gasteiger partial charge in [0, 0.05) is 24.7 Å². The third kappa shape index (κ3) is 2.86. The molecule has 0 saturated heterocycles. The second-order valence-corrected chi connectivity index (χ2v) is 4.96. The summed E-state index contributed by atoms with van der Waals surface area (Å²) in [7, 11) is 0. The largest absolute Gasteiger partial charge is 0.384 e. The van der Waals surface area contributed by atoms with Gasteiger partial charge in [-0.1, -0.05) is 18.2 Å². The van der Waals surface area contributed by atoms with E-state index < -0.39 is 11.6 Å². The van der Waals surface area contributed by atoms with Crippen LogP contribution in [0, 0.1) is 18.6 Å². The quantitative estimate of drug-likeness (QED) is 0.766. The maximum atomic E-state index is 13.6. The van der Waals surface area contributed by atoms with Crippen molar-refractivity contribution in [1.29, 1.82) is 0 Å². The fourth-order valence-electron chi connectivity index (χ4n) is 2.30. The van der Waals surface area contributed by atoms with Crippen LogP contribution in [0.3, 0.4) is 0 Å². The zero-order valence-corrected chi connectivity index (χ0v) is 11.6. The summed E-state index contributed by atoms with van der Waals surface area (Å²) in [6, 6.07) is 10.1. The van der Waals surface area contributed by atoms with E-state index in [0.717, 1.165) is 17.3 Å². The summed E-state index contributed by atoms with van der Waals surface area (Å²) in [5, 5.41) is 3.30. The molecule has 0 radical (unpaired) electrons. The van der Waals surface area contributed by atoms with Crippen LogP contribution >= 0.6 is 0 Å². The second kappa shape index (κ2) is 5.52. The molecule has 3 nitrogen and oxygen atoms in total. The molecule has 2 N–H and O–H groups in total. The van der Waals surface area contributed by atoms with Crippen LogP contribution in [0.5, 0.6) is 0 Å². The zero-order chi connectivity index (χ0) is 14.8. The number of nitrogens with zero attached hydrogens (tertiary/aromatic N) is 1. The van der Waals surface area contributed by atoms with Gasteiger partial charge in [-0.25, -0.2) is 13.8 Å². The van der Waals surface area contributed by atoms with Gasteiger partial charge >= 0.3 is 0 Å². The van der Waals surface area contributed by atoms with Gasteiger partial charge in [0.05, 0.1) is 5.52 Å². The highest BCUT2D eigenvalue weighted by Crippen LogP contribution is 2.18. The third-order valence-corrected chi connectivity index (χ3v) is 3.38. The number of benzene rings is 2. The summed E-state index contributed by atoms with van der Waals surface area (Å²) in [4.78, 5) is 7.12. The molecular formula is C16H15F2N3. The highest BCUT2D eigenvalue weighted by Gasteiger charge is 2.09. The fraction of sp³-hybridized carbons (Fsp3) is 0.188. The average molecular weight is 287 g/mol. The molecule has 2 aromatic carbocycles. The van der Waals surface area contributed by atoms with Crippen LogP contribution in [0.4, 0.5) is 14.5 Å². The van der Waals surface area contributed by atoms with Crippen molar-refractivity contribution in [3.8, 4) is 0 Å². The lowest BCUT2D eigenvalue weighted by atomic mass is 10.2. The van der Waals surface area contributed by atoms with Crippen molar-refractivity contribution >= 4 is 16.7 Å². The summed E-state index contributed by atoms with van der Waals surface area (Å²) in [6.07, 6.45) is 0.601. The summed E-state index contributed by atoms with van der Waals surface area (Å²) in [5.74, 6) is -0.608. The Kier molecular flexibility index (Phi) is 3.56. The molecule has 0 spiro atoms. The van der Waals surface area contributed by atoms with Crippen molar-refractivity contribution < 1.29 is 8.78 Å². The van der Waals surface area contributed by atoms with Gasteiger partial charge < -0.3 is 10.3 Å². The van der Waals surface area contributed by atoms with Gasteiger partial charge in [0.1, 0.15) is 17.2 Å². The Balaban J connectivity index is 1.71. The normalized spacial score (nSPS) is 11.0. The number of anilines is 1. The smallest absolute Gasteiger partial charge is 0.153 e. The Morgan fingerprint density at radius 1 is 1.19 bits per heavy atom. The van der Waals surface area contributed by atoms with Crippen LogP contribution in [0.25, 0.3) is 11.0 Å². The highest BCUT2D eigenvalue weighted by molar-refractivity contribution is 5.75. The van der Waals surface area contributed by atoms with E-state index >= 15 is 0 Å². The standard InChI is InChI=1S/C16H15F2N3/c1-10-4-2-3-5-13(10)19-7-6-15-20-14-9-11(17)8-12(18)16(14)21-15/h2-5,8-9,19H,6-7H2,1H3,(H,20,21). The summed E-state index contributed by atoms with van der Waals surface area (Å²) < 4.78 is 26.7. The Morgan fingerprint density at radius 2 is 2.00 bits per heavy atom. The number of para-hydroxylation sites is 1. The van der Waals surface area contributed by atoms with E-state index in [1.54, 1.807) is 0 Å². The molecule has 1 aromatic heterocycles. The molecule has 1 heterocycles. The lowest BCUT2D eigenvalue weighted by molar-refractivity contribution is 0.590. The first-order valence-electron chi connectivity index (χ1n) is 6.76. The van der Waals surface area contributed by atoms with Gasteiger partial charge in [0.2, 0.25) is 0 Å². The Bertz CT molecular complexity index is 780. The molecule has 0 amide bonds. The summed E-state index contributed by atoms with van der Waals surface area (Å²) in [5.41, 5.74) is 2.79. The van der Waals surface area contributed by atoms with Crippen molar-refractivity contribution in [2.75, 3.05) is 11.9 Å². The van der Waals surface area contributed by atoms with Crippen molar-refractivity contribution in [2.24, 2.45) is 0 Å². The van der Waals surface area contributed by atoms with E-state index in [2.05, 4.69) is 15.3 Å². The molecule has 0 aliphatic rings. The summed E-state index contributed by atoms with van der Waals surface area (Å²) in [6.45, 7) is 2.69. The number of aromatic nitrogens is 2. The summed E-state index contributed by atoms with van der Waals surface area (Å²) >= 11 is 0.